The molecule has 0 radical (unpaired) electrons. The molecule has 3 aromatic rings. The van der Waals surface area contributed by atoms with Gasteiger partial charge in [0.05, 0.1) is 49.5 Å². The van der Waals surface area contributed by atoms with Crippen LogP contribution in [0, 0.1) is 11.3 Å². The smallest absolute Gasteiger partial charge is 0.318 e. The van der Waals surface area contributed by atoms with Crippen LogP contribution in [0.1, 0.15) is 17.7 Å². The molecule has 5 rings (SSSR count). The molecule has 2 aliphatic rings. The number of amides is 1. The second-order valence-electron chi connectivity index (χ2n) is 9.60. The number of nitriles is 1. The van der Waals surface area contributed by atoms with Gasteiger partial charge in [-0.1, -0.05) is 41.9 Å². The fourth-order valence-corrected chi connectivity index (χ4v) is 5.72. The van der Waals surface area contributed by atoms with Crippen LogP contribution in [0.5, 0.6) is 6.01 Å². The third kappa shape index (κ3) is 5.49. The van der Waals surface area contributed by atoms with Crippen LogP contribution in [0.3, 0.4) is 0 Å². The summed E-state index contributed by atoms with van der Waals surface area (Å²) in [5.74, 6) is 0.705. The zero-order chi connectivity index (χ0) is 27.4. The van der Waals surface area contributed by atoms with Crippen molar-refractivity contribution in [1.29, 1.82) is 5.26 Å². The Morgan fingerprint density at radius 3 is 2.74 bits per heavy atom. The number of methoxy groups -OCH3 is 2. The molecule has 39 heavy (non-hydrogen) atoms. The molecule has 0 unspecified atom stereocenters. The maximum Gasteiger partial charge on any atom is 0.318 e. The Balaban J connectivity index is 1.43. The van der Waals surface area contributed by atoms with E-state index in [4.69, 9.17) is 31.0 Å². The van der Waals surface area contributed by atoms with E-state index in [1.54, 1.807) is 25.2 Å². The lowest BCUT2D eigenvalue weighted by atomic mass is 10.0. The van der Waals surface area contributed by atoms with Gasteiger partial charge in [-0.05, 0) is 23.9 Å². The van der Waals surface area contributed by atoms with Crippen LogP contribution >= 0.6 is 11.6 Å². The molecule has 2 aromatic carbocycles. The van der Waals surface area contributed by atoms with Crippen molar-refractivity contribution in [1.82, 2.24) is 14.9 Å². The maximum atomic E-state index is 12.8. The number of rotatable bonds is 7. The number of hydrogen-bond donors (Lipinski definition) is 0. The fourth-order valence-electron chi connectivity index (χ4n) is 5.45. The average Bonchev–Trinajstić information content (AvgIpc) is 2.96. The summed E-state index contributed by atoms with van der Waals surface area (Å²) in [6.07, 6.45) is 4.20. The minimum atomic E-state index is -0.252. The summed E-state index contributed by atoms with van der Waals surface area (Å²) in [4.78, 5) is 28.5. The van der Waals surface area contributed by atoms with Crippen LogP contribution in [0.2, 0.25) is 5.02 Å². The van der Waals surface area contributed by atoms with Crippen LogP contribution in [-0.4, -0.2) is 73.8 Å². The molecule has 1 fully saturated rings. The summed E-state index contributed by atoms with van der Waals surface area (Å²) in [6, 6.07) is 14.5. The van der Waals surface area contributed by atoms with Crippen LogP contribution in [-0.2, 0) is 22.5 Å². The molecule has 9 nitrogen and oxygen atoms in total. The van der Waals surface area contributed by atoms with Gasteiger partial charge < -0.3 is 24.2 Å². The number of piperazine rings is 1. The first-order valence-corrected chi connectivity index (χ1v) is 13.4. The molecule has 0 bridgehead atoms. The van der Waals surface area contributed by atoms with E-state index in [9.17, 15) is 10.1 Å². The number of halogens is 1. The molecule has 10 heteroatoms. The molecule has 3 heterocycles. The third-order valence-electron chi connectivity index (χ3n) is 7.29. The zero-order valence-corrected chi connectivity index (χ0v) is 22.9. The average molecular weight is 547 g/mol. The Labute approximate surface area is 233 Å². The molecule has 1 saturated heterocycles. The van der Waals surface area contributed by atoms with Gasteiger partial charge in [0.15, 0.2) is 0 Å². The van der Waals surface area contributed by atoms with Gasteiger partial charge in [0.25, 0.3) is 0 Å². The number of anilines is 2. The van der Waals surface area contributed by atoms with Gasteiger partial charge in [-0.3, -0.25) is 4.79 Å². The monoisotopic (exact) mass is 546 g/mol. The number of fused-ring (bicyclic) bond motifs is 2. The highest BCUT2D eigenvalue weighted by molar-refractivity contribution is 6.36. The standard InChI is InChI=1S/C29H31ClN6O3/c1-38-17-5-10-26(37)36-16-15-35(18-21(36)11-13-31)28-22-12-14-34(19-24(22)32-29(33-28)39-2)25-9-4-7-20-6-3-8-23(30)27(20)25/h3-10,21H,11-12,14-19H2,1-2H3/b10-5+/t21-/m0/s1. The minimum Gasteiger partial charge on any atom is -0.467 e. The van der Waals surface area contributed by atoms with E-state index in [1.807, 2.05) is 12.1 Å². The second-order valence-corrected chi connectivity index (χ2v) is 10.0. The van der Waals surface area contributed by atoms with Gasteiger partial charge in [0.2, 0.25) is 5.91 Å². The maximum absolute atomic E-state index is 12.8. The molecule has 0 N–H and O–H groups in total. The van der Waals surface area contributed by atoms with E-state index in [-0.39, 0.29) is 18.4 Å². The largest absolute Gasteiger partial charge is 0.467 e. The zero-order valence-electron chi connectivity index (χ0n) is 22.1. The minimum absolute atomic E-state index is 0.112. The molecule has 1 amide bonds. The van der Waals surface area contributed by atoms with Crippen molar-refractivity contribution in [3.63, 3.8) is 0 Å². The molecule has 202 valence electrons. The Bertz CT molecular complexity index is 1430. The Hall–Kier alpha value is -3.87. The summed E-state index contributed by atoms with van der Waals surface area (Å²) in [5.41, 5.74) is 3.06. The van der Waals surface area contributed by atoms with E-state index < -0.39 is 0 Å². The van der Waals surface area contributed by atoms with Crippen molar-refractivity contribution in [2.45, 2.75) is 25.4 Å². The van der Waals surface area contributed by atoms with Crippen LogP contribution in [0.4, 0.5) is 11.5 Å². The van der Waals surface area contributed by atoms with Gasteiger partial charge in [-0.25, -0.2) is 0 Å². The molecular weight excluding hydrogens is 516 g/mol. The first-order valence-electron chi connectivity index (χ1n) is 13.0. The number of aromatic nitrogens is 2. The number of carbonyl (C=O) groups excluding carboxylic acids is 1. The number of nitrogens with zero attached hydrogens (tertiary/aromatic N) is 6. The van der Waals surface area contributed by atoms with Crippen molar-refractivity contribution in [2.24, 2.45) is 0 Å². The second kappa shape index (κ2) is 11.9. The van der Waals surface area contributed by atoms with Gasteiger partial charge in [-0.15, -0.1) is 0 Å². The SMILES string of the molecule is COC/C=C/C(=O)N1CCN(c2nc(OC)nc3c2CCN(c2cccc4cccc(Cl)c24)C3)C[C@@H]1CC#N. The van der Waals surface area contributed by atoms with Crippen LogP contribution in [0.25, 0.3) is 10.8 Å². The van der Waals surface area contributed by atoms with Gasteiger partial charge in [0.1, 0.15) is 5.82 Å². The topological polar surface area (TPSA) is 94.8 Å². The first kappa shape index (κ1) is 26.7. The highest BCUT2D eigenvalue weighted by Gasteiger charge is 2.33. The van der Waals surface area contributed by atoms with Gasteiger partial charge in [0, 0.05) is 56.0 Å². The van der Waals surface area contributed by atoms with Crippen molar-refractivity contribution in [3.05, 3.63) is 64.8 Å². The molecule has 1 aromatic heterocycles. The van der Waals surface area contributed by atoms with E-state index in [0.717, 1.165) is 51.5 Å². The summed E-state index contributed by atoms with van der Waals surface area (Å²) in [5, 5.41) is 12.3. The van der Waals surface area contributed by atoms with Crippen LogP contribution < -0.4 is 14.5 Å². The van der Waals surface area contributed by atoms with E-state index in [0.29, 0.717) is 38.8 Å². The molecule has 0 aliphatic carbocycles. The Morgan fingerprint density at radius 2 is 1.97 bits per heavy atom. The molecule has 2 aliphatic heterocycles. The van der Waals surface area contributed by atoms with Gasteiger partial charge >= 0.3 is 6.01 Å². The number of ether oxygens (including phenoxy) is 2. The summed E-state index contributed by atoms with van der Waals surface area (Å²) < 4.78 is 10.5. The highest BCUT2D eigenvalue weighted by Crippen LogP contribution is 2.37. The Kier molecular flexibility index (Phi) is 8.15. The molecular formula is C29H31ClN6O3. The molecule has 0 saturated carbocycles. The van der Waals surface area contributed by atoms with E-state index >= 15 is 0 Å². The fraction of sp³-hybridized carbons (Fsp3) is 0.379. The number of carbonyl (C=O) groups is 1. The van der Waals surface area contributed by atoms with Gasteiger partial charge in [-0.2, -0.15) is 15.2 Å². The summed E-state index contributed by atoms with van der Waals surface area (Å²) in [7, 11) is 3.15. The normalized spacial score (nSPS) is 17.4. The lowest BCUT2D eigenvalue weighted by Gasteiger charge is -2.42. The predicted molar refractivity (Wildman–Crippen MR) is 151 cm³/mol. The first-order chi connectivity index (χ1) is 19.0. The quantitative estimate of drug-likeness (QED) is 0.411. The number of benzene rings is 2. The van der Waals surface area contributed by atoms with Crippen molar-refractivity contribution >= 4 is 39.8 Å². The van der Waals surface area contributed by atoms with E-state index in [1.165, 1.54) is 6.08 Å². The third-order valence-corrected chi connectivity index (χ3v) is 7.61. The molecule has 1 atom stereocenters. The summed E-state index contributed by atoms with van der Waals surface area (Å²) >= 11 is 6.62. The van der Waals surface area contributed by atoms with Crippen molar-refractivity contribution in [3.8, 4) is 12.1 Å². The van der Waals surface area contributed by atoms with Crippen molar-refractivity contribution in [2.75, 3.05) is 56.8 Å². The summed E-state index contributed by atoms with van der Waals surface area (Å²) in [6.45, 7) is 3.34. The molecule has 0 spiro atoms. The lowest BCUT2D eigenvalue weighted by molar-refractivity contribution is -0.128. The Morgan fingerprint density at radius 1 is 1.15 bits per heavy atom. The van der Waals surface area contributed by atoms with Crippen molar-refractivity contribution < 1.29 is 14.3 Å². The highest BCUT2D eigenvalue weighted by atomic mass is 35.5. The number of hydrogen-bond acceptors (Lipinski definition) is 8. The van der Waals surface area contributed by atoms with Crippen LogP contribution in [0.15, 0.2) is 48.6 Å². The predicted octanol–water partition coefficient (Wildman–Crippen LogP) is 3.99. The lowest BCUT2D eigenvalue weighted by Crippen LogP contribution is -2.55. The van der Waals surface area contributed by atoms with E-state index in [2.05, 4.69) is 40.1 Å².